The topological polar surface area (TPSA) is 80.1 Å². The van der Waals surface area contributed by atoms with Gasteiger partial charge < -0.3 is 10.2 Å². The van der Waals surface area contributed by atoms with Gasteiger partial charge in [-0.05, 0) is 31.4 Å². The summed E-state index contributed by atoms with van der Waals surface area (Å²) in [6, 6.07) is 3.49. The Bertz CT molecular complexity index is 821. The van der Waals surface area contributed by atoms with E-state index in [1.807, 2.05) is 19.3 Å². The number of hydrogen-bond acceptors (Lipinski definition) is 4. The number of hydrogen-bond donors (Lipinski definition) is 1. The van der Waals surface area contributed by atoms with Crippen LogP contribution in [0.5, 0.6) is 0 Å². The first-order valence-corrected chi connectivity index (χ1v) is 9.79. The van der Waals surface area contributed by atoms with Crippen molar-refractivity contribution in [2.75, 3.05) is 18.4 Å². The molecule has 2 aromatic heterocycles. The molecule has 3 unspecified atom stereocenters. The van der Waals surface area contributed by atoms with Crippen molar-refractivity contribution >= 4 is 22.5 Å². The molecular formula is C17H21N5O2S. The lowest BCUT2D eigenvalue weighted by atomic mass is 10.1. The first-order valence-electron chi connectivity index (χ1n) is 8.51. The quantitative estimate of drug-likeness (QED) is 0.889. The van der Waals surface area contributed by atoms with Crippen molar-refractivity contribution in [2.45, 2.75) is 29.8 Å². The van der Waals surface area contributed by atoms with Gasteiger partial charge in [0.1, 0.15) is 0 Å². The normalized spacial score (nSPS) is 25.6. The minimum atomic E-state index is -0.796. The Kier molecular flexibility index (Phi) is 4.29. The van der Waals surface area contributed by atoms with Gasteiger partial charge in [-0.3, -0.25) is 13.9 Å². The molecule has 8 heteroatoms. The minimum absolute atomic E-state index is 0.116. The number of nitrogens with zero attached hydrogens (tertiary/aromatic N) is 4. The molecule has 2 aliphatic heterocycles. The molecule has 4 rings (SSSR count). The molecule has 2 amide bonds. The second kappa shape index (κ2) is 6.59. The minimum Gasteiger partial charge on any atom is -0.323 e. The van der Waals surface area contributed by atoms with E-state index in [2.05, 4.69) is 15.4 Å². The molecule has 2 bridgehead atoms. The smallest absolute Gasteiger partial charge is 0.321 e. The van der Waals surface area contributed by atoms with Crippen molar-refractivity contribution in [1.82, 2.24) is 19.7 Å². The van der Waals surface area contributed by atoms with Crippen LogP contribution in [-0.2, 0) is 17.8 Å². The third-order valence-corrected chi connectivity index (χ3v) is 7.10. The van der Waals surface area contributed by atoms with Gasteiger partial charge in [-0.15, -0.1) is 0 Å². The summed E-state index contributed by atoms with van der Waals surface area (Å²) in [5.41, 5.74) is 2.22. The van der Waals surface area contributed by atoms with Crippen LogP contribution in [0.25, 0.3) is 11.3 Å². The Morgan fingerprint density at radius 2 is 2.16 bits per heavy atom. The van der Waals surface area contributed by atoms with Crippen LogP contribution in [0.2, 0.25) is 0 Å². The summed E-state index contributed by atoms with van der Waals surface area (Å²) >= 11 is 0. The van der Waals surface area contributed by atoms with E-state index in [0.717, 1.165) is 24.8 Å². The lowest BCUT2D eigenvalue weighted by molar-refractivity contribution is 0.209. The zero-order chi connectivity index (χ0) is 17.4. The van der Waals surface area contributed by atoms with Gasteiger partial charge in [0.05, 0.1) is 22.8 Å². The highest BCUT2D eigenvalue weighted by molar-refractivity contribution is 7.86. The van der Waals surface area contributed by atoms with Crippen molar-refractivity contribution in [2.24, 2.45) is 7.05 Å². The Morgan fingerprint density at radius 1 is 1.32 bits per heavy atom. The Morgan fingerprint density at radius 3 is 2.96 bits per heavy atom. The average Bonchev–Trinajstić information content (AvgIpc) is 3.11. The number of likely N-dealkylation sites (tertiary alicyclic amines) is 1. The maximum atomic E-state index is 12.8. The molecule has 2 aliphatic rings. The first kappa shape index (κ1) is 16.3. The third kappa shape index (κ3) is 3.18. The Hall–Kier alpha value is -2.22. The van der Waals surface area contributed by atoms with Crippen LogP contribution in [0.15, 0.2) is 30.7 Å². The summed E-state index contributed by atoms with van der Waals surface area (Å²) < 4.78 is 14.0. The van der Waals surface area contributed by atoms with Crippen molar-refractivity contribution in [3.63, 3.8) is 0 Å². The fraction of sp³-hybridized carbons (Fsp3) is 0.471. The largest absolute Gasteiger partial charge is 0.323 e. The molecule has 4 heterocycles. The molecule has 0 aliphatic carbocycles. The van der Waals surface area contributed by atoms with Gasteiger partial charge in [0.15, 0.2) is 0 Å². The zero-order valence-corrected chi connectivity index (χ0v) is 14.9. The van der Waals surface area contributed by atoms with E-state index in [9.17, 15) is 9.00 Å². The van der Waals surface area contributed by atoms with Crippen molar-refractivity contribution in [1.29, 1.82) is 0 Å². The second-order valence-corrected chi connectivity index (χ2v) is 8.61. The number of amides is 2. The highest BCUT2D eigenvalue weighted by atomic mass is 32.2. The number of urea groups is 1. The summed E-state index contributed by atoms with van der Waals surface area (Å²) in [5, 5.41) is 7.52. The van der Waals surface area contributed by atoms with E-state index in [4.69, 9.17) is 0 Å². The molecule has 0 saturated carbocycles. The number of aryl methyl sites for hydroxylation is 1. The Balaban J connectivity index is 1.53. The molecule has 2 fully saturated rings. The van der Waals surface area contributed by atoms with Gasteiger partial charge in [0, 0.05) is 54.1 Å². The molecule has 25 heavy (non-hydrogen) atoms. The highest BCUT2D eigenvalue weighted by Crippen LogP contribution is 2.30. The Labute approximate surface area is 148 Å². The van der Waals surface area contributed by atoms with E-state index in [1.54, 1.807) is 28.0 Å². The zero-order valence-electron chi connectivity index (χ0n) is 14.1. The van der Waals surface area contributed by atoms with Gasteiger partial charge in [0.25, 0.3) is 0 Å². The molecule has 7 nitrogen and oxygen atoms in total. The molecule has 0 aromatic carbocycles. The number of carbonyl (C=O) groups is 1. The molecule has 3 atom stereocenters. The van der Waals surface area contributed by atoms with Gasteiger partial charge in [-0.25, -0.2) is 4.79 Å². The predicted octanol–water partition coefficient (Wildman–Crippen LogP) is 2.00. The summed E-state index contributed by atoms with van der Waals surface area (Å²) in [4.78, 5) is 18.9. The second-order valence-electron chi connectivity index (χ2n) is 6.62. The van der Waals surface area contributed by atoms with Gasteiger partial charge in [-0.2, -0.15) is 5.10 Å². The maximum absolute atomic E-state index is 12.8. The number of nitrogens with one attached hydrogen (secondary N) is 1. The van der Waals surface area contributed by atoms with E-state index < -0.39 is 10.8 Å². The highest BCUT2D eigenvalue weighted by Gasteiger charge is 2.38. The maximum Gasteiger partial charge on any atom is 0.321 e. The lowest BCUT2D eigenvalue weighted by Crippen LogP contribution is -2.40. The molecular weight excluding hydrogens is 338 g/mol. The van der Waals surface area contributed by atoms with E-state index >= 15 is 0 Å². The van der Waals surface area contributed by atoms with E-state index in [-0.39, 0.29) is 16.5 Å². The number of pyridine rings is 1. The van der Waals surface area contributed by atoms with Crippen LogP contribution in [0.3, 0.4) is 0 Å². The molecule has 2 saturated heterocycles. The lowest BCUT2D eigenvalue weighted by Gasteiger charge is -2.24. The van der Waals surface area contributed by atoms with Crippen LogP contribution >= 0.6 is 0 Å². The van der Waals surface area contributed by atoms with Crippen LogP contribution in [0.1, 0.15) is 19.3 Å². The van der Waals surface area contributed by atoms with Crippen molar-refractivity contribution < 1.29 is 9.00 Å². The monoisotopic (exact) mass is 359 g/mol. The van der Waals surface area contributed by atoms with Crippen LogP contribution in [-0.4, -0.2) is 53.5 Å². The molecule has 132 valence electrons. The van der Waals surface area contributed by atoms with Crippen molar-refractivity contribution in [3.8, 4) is 11.3 Å². The summed E-state index contributed by atoms with van der Waals surface area (Å²) in [6.45, 7) is 1.22. The fourth-order valence-corrected chi connectivity index (χ4v) is 5.54. The predicted molar refractivity (Wildman–Crippen MR) is 96.6 cm³/mol. The molecule has 1 N–H and O–H groups in total. The number of anilines is 1. The van der Waals surface area contributed by atoms with Gasteiger partial charge in [-0.1, -0.05) is 0 Å². The van der Waals surface area contributed by atoms with Crippen LogP contribution < -0.4 is 5.32 Å². The average molecular weight is 359 g/mol. The molecule has 2 aromatic rings. The number of aromatic nitrogens is 3. The summed E-state index contributed by atoms with van der Waals surface area (Å²) in [7, 11) is 1.05. The summed E-state index contributed by atoms with van der Waals surface area (Å²) in [5.74, 6) is 0. The SMILES string of the molecule is Cn1cc(-c2ncccc2NC(=O)N2CCC3CCC(C2)S3=O)cn1. The number of fused-ring (bicyclic) bond motifs is 2. The number of carbonyl (C=O) groups excluding carboxylic acids is 1. The van der Waals surface area contributed by atoms with E-state index in [1.165, 1.54) is 0 Å². The van der Waals surface area contributed by atoms with E-state index in [0.29, 0.717) is 24.5 Å². The molecule has 0 radical (unpaired) electrons. The van der Waals surface area contributed by atoms with Gasteiger partial charge in [0.2, 0.25) is 0 Å². The van der Waals surface area contributed by atoms with Gasteiger partial charge >= 0.3 is 6.03 Å². The fourth-order valence-electron chi connectivity index (χ4n) is 3.60. The van der Waals surface area contributed by atoms with Crippen molar-refractivity contribution in [3.05, 3.63) is 30.7 Å². The van der Waals surface area contributed by atoms with Crippen LogP contribution in [0.4, 0.5) is 10.5 Å². The third-order valence-electron chi connectivity index (χ3n) is 4.93. The summed E-state index contributed by atoms with van der Waals surface area (Å²) in [6.07, 6.45) is 8.10. The van der Waals surface area contributed by atoms with Crippen LogP contribution in [0, 0.1) is 0 Å². The first-order chi connectivity index (χ1) is 12.1. The standard InChI is InChI=1S/C17H21N5O2S/c1-21-10-12(9-19-21)16-15(3-2-7-18-16)20-17(23)22-8-6-13-4-5-14(11-22)25(13)24/h2-3,7,9-10,13-14H,4-6,8,11H2,1H3,(H,20,23). The molecule has 0 spiro atoms. The number of rotatable bonds is 2.